The van der Waals surface area contributed by atoms with Crippen molar-refractivity contribution in [1.82, 2.24) is 0 Å². The zero-order valence-corrected chi connectivity index (χ0v) is 47.7. The van der Waals surface area contributed by atoms with Gasteiger partial charge in [-0.05, 0) is 64.2 Å². The number of carbonyl (C=O) groups is 3. The normalized spacial score (nSPS) is 18.4. The molecule has 1 unspecified atom stereocenters. The van der Waals surface area contributed by atoms with E-state index in [0.717, 1.165) is 28.8 Å². The highest BCUT2D eigenvalue weighted by Gasteiger charge is 2.56. The molecule has 3 aliphatic rings. The molecule has 2 fully saturated rings. The van der Waals surface area contributed by atoms with Crippen LogP contribution >= 0.6 is 0 Å². The molecule has 0 bridgehead atoms. The van der Waals surface area contributed by atoms with Gasteiger partial charge in [-0.2, -0.15) is 0 Å². The second-order valence-corrected chi connectivity index (χ2v) is 20.9. The zero-order chi connectivity index (χ0) is 61.4. The number of phenols is 4. The fourth-order valence-electron chi connectivity index (χ4n) is 10.5. The summed E-state index contributed by atoms with van der Waals surface area (Å²) in [6.07, 6.45) is -9.48. The van der Waals surface area contributed by atoms with Gasteiger partial charge in [0.1, 0.15) is 51.0 Å². The van der Waals surface area contributed by atoms with Crippen LogP contribution in [0.1, 0.15) is 70.7 Å². The van der Waals surface area contributed by atoms with Gasteiger partial charge in [-0.25, -0.2) is 14.4 Å². The third kappa shape index (κ3) is 13.0. The lowest BCUT2D eigenvalue weighted by atomic mass is 9.91. The molecule has 0 saturated carbocycles. The maximum atomic E-state index is 15.4. The Morgan fingerprint density at radius 1 is 0.483 bits per heavy atom. The van der Waals surface area contributed by atoms with E-state index in [2.05, 4.69) is 0 Å². The van der Waals surface area contributed by atoms with Crippen molar-refractivity contribution in [2.45, 2.75) is 70.0 Å². The number of rotatable bonds is 19. The summed E-state index contributed by atoms with van der Waals surface area (Å²) < 4.78 is 75.2. The Bertz CT molecular complexity index is 3900. The predicted molar refractivity (Wildman–Crippen MR) is 318 cm³/mol. The third-order valence-corrected chi connectivity index (χ3v) is 14.9. The van der Waals surface area contributed by atoms with Gasteiger partial charge in [0.05, 0.1) is 30.4 Å². The number of hydrogen-bond acceptors (Lipinski definition) is 19. The number of esters is 3. The highest BCUT2D eigenvalue weighted by atomic mass is 16.8. The smallest absolute Gasteiger partial charge is 0.341 e. The van der Waals surface area contributed by atoms with Gasteiger partial charge in [-0.15, -0.1) is 0 Å². The molecular weight excluding hydrogens is 1140 g/mol. The van der Waals surface area contributed by atoms with E-state index in [9.17, 15) is 20.4 Å². The van der Waals surface area contributed by atoms with Crippen LogP contribution < -0.4 is 28.4 Å². The van der Waals surface area contributed by atoms with Gasteiger partial charge in [0, 0.05) is 16.7 Å². The number of aromatic hydroxyl groups is 4. The number of hydrogen-bond donors (Lipinski definition) is 4. The Morgan fingerprint density at radius 3 is 1.34 bits per heavy atom. The molecule has 19 nitrogen and oxygen atoms in total. The van der Waals surface area contributed by atoms with E-state index in [4.69, 9.17) is 56.8 Å². The van der Waals surface area contributed by atoms with Crippen molar-refractivity contribution in [3.05, 3.63) is 250 Å². The summed E-state index contributed by atoms with van der Waals surface area (Å²) in [5.41, 5.74) is 1.51. The molecule has 3 aliphatic heterocycles. The van der Waals surface area contributed by atoms with E-state index < -0.39 is 112 Å². The van der Waals surface area contributed by atoms with E-state index in [0.29, 0.717) is 22.4 Å². The Balaban J connectivity index is 0.971. The van der Waals surface area contributed by atoms with Crippen LogP contribution in [0, 0.1) is 0 Å². The molecule has 0 aromatic heterocycles. The Kier molecular flexibility index (Phi) is 17.5. The largest absolute Gasteiger partial charge is 0.504 e. The summed E-state index contributed by atoms with van der Waals surface area (Å²) in [7, 11) is 1.51. The number of carbonyl (C=O) groups excluding carboxylic acids is 3. The van der Waals surface area contributed by atoms with Crippen molar-refractivity contribution in [3.63, 3.8) is 0 Å². The molecule has 3 heterocycles. The van der Waals surface area contributed by atoms with Crippen LogP contribution in [0.25, 0.3) is 11.1 Å². The summed E-state index contributed by atoms with van der Waals surface area (Å²) in [4.78, 5) is 46.0. The van der Waals surface area contributed by atoms with Crippen molar-refractivity contribution in [1.29, 1.82) is 0 Å². The topological polar surface area (TPSA) is 243 Å². The SMILES string of the molecule is COc1ccc(C2OC[C@H]3O[C@H]4OC(=O)c5cc(O)c(OCc6ccccc6)c(O)c5-c5c(cc(O)c(OCc6ccccc6)c5O)C(=O)O[C@@H]4[C@@H](OC(=O)c4cc(OCc5ccccc5)c(OCc5ccccc5)c(OCc5ccccc5)c4)[C@@H]3O2)cc1. The van der Waals surface area contributed by atoms with Crippen LogP contribution in [0.2, 0.25) is 0 Å². The first-order valence-electron chi connectivity index (χ1n) is 28.4. The van der Waals surface area contributed by atoms with E-state index in [1.807, 2.05) is 91.0 Å². The van der Waals surface area contributed by atoms with Crippen molar-refractivity contribution in [2.75, 3.05) is 13.7 Å². The molecule has 0 amide bonds. The Hall–Kier alpha value is -10.7. The summed E-state index contributed by atoms with van der Waals surface area (Å²) in [6.45, 7) is -0.550. The second-order valence-electron chi connectivity index (χ2n) is 20.9. The first kappa shape index (κ1) is 58.6. The number of benzene rings is 9. The van der Waals surface area contributed by atoms with Gasteiger partial charge in [-0.1, -0.05) is 164 Å². The van der Waals surface area contributed by atoms with Gasteiger partial charge >= 0.3 is 17.9 Å². The van der Waals surface area contributed by atoms with Crippen molar-refractivity contribution < 1.29 is 91.7 Å². The molecule has 19 heteroatoms. The number of phenolic OH excluding ortho intramolecular Hbond substituents is 4. The van der Waals surface area contributed by atoms with Gasteiger partial charge in [0.15, 0.2) is 46.9 Å². The molecule has 6 atom stereocenters. The fraction of sp³-hybridized carbons (Fsp3) is 0.186. The van der Waals surface area contributed by atoms with E-state index in [-0.39, 0.29) is 62.5 Å². The number of methoxy groups -OCH3 is 1. The summed E-state index contributed by atoms with van der Waals surface area (Å²) in [5.74, 6) is -7.35. The van der Waals surface area contributed by atoms with Crippen molar-refractivity contribution >= 4 is 17.9 Å². The molecule has 9 aromatic rings. The van der Waals surface area contributed by atoms with E-state index in [1.54, 1.807) is 84.9 Å². The molecule has 0 radical (unpaired) electrons. The van der Waals surface area contributed by atoms with Crippen LogP contribution in [-0.2, 0) is 61.5 Å². The van der Waals surface area contributed by atoms with E-state index in [1.165, 1.54) is 19.2 Å². The molecule has 12 rings (SSSR count). The van der Waals surface area contributed by atoms with Gasteiger partial charge in [0.2, 0.25) is 29.6 Å². The minimum Gasteiger partial charge on any atom is -0.504 e. The van der Waals surface area contributed by atoms with Crippen LogP contribution in [0.5, 0.6) is 57.5 Å². The Morgan fingerprint density at radius 2 is 0.899 bits per heavy atom. The quantitative estimate of drug-likeness (QED) is 0.0434. The first-order valence-corrected chi connectivity index (χ1v) is 28.4. The van der Waals surface area contributed by atoms with Crippen molar-refractivity contribution in [2.24, 2.45) is 0 Å². The van der Waals surface area contributed by atoms with Crippen LogP contribution in [0.4, 0.5) is 0 Å². The van der Waals surface area contributed by atoms with E-state index >= 15 is 14.4 Å². The van der Waals surface area contributed by atoms with Gasteiger partial charge < -0.3 is 77.3 Å². The highest BCUT2D eigenvalue weighted by molar-refractivity contribution is 6.08. The summed E-state index contributed by atoms with van der Waals surface area (Å²) in [6, 6.07) is 57.0. The first-order chi connectivity index (χ1) is 43.5. The summed E-state index contributed by atoms with van der Waals surface area (Å²) in [5, 5.41) is 48.1. The average molecular weight is 1200 g/mol. The fourth-order valence-corrected chi connectivity index (χ4v) is 10.5. The maximum Gasteiger partial charge on any atom is 0.341 e. The zero-order valence-electron chi connectivity index (χ0n) is 47.7. The monoisotopic (exact) mass is 1200 g/mol. The highest BCUT2D eigenvalue weighted by Crippen LogP contribution is 2.55. The molecule has 2 saturated heterocycles. The molecule has 4 N–H and O–H groups in total. The lowest BCUT2D eigenvalue weighted by Gasteiger charge is -2.47. The van der Waals surface area contributed by atoms with Crippen LogP contribution in [0.3, 0.4) is 0 Å². The second kappa shape index (κ2) is 26.5. The van der Waals surface area contributed by atoms with Crippen molar-refractivity contribution in [3.8, 4) is 68.6 Å². The molecule has 0 aliphatic carbocycles. The third-order valence-electron chi connectivity index (χ3n) is 14.9. The number of fused-ring (bicyclic) bond motifs is 5. The van der Waals surface area contributed by atoms with Crippen LogP contribution in [-0.4, -0.2) is 82.8 Å². The lowest BCUT2D eigenvalue weighted by Crippen LogP contribution is -2.64. The maximum absolute atomic E-state index is 15.4. The van der Waals surface area contributed by atoms with Gasteiger partial charge in [-0.3, -0.25) is 0 Å². The molecule has 0 spiro atoms. The molecular formula is C70H58O19. The minimum absolute atomic E-state index is 0.0302. The average Bonchev–Trinajstić information content (AvgIpc) is 0.785. The number of ether oxygens (including phenoxy) is 12. The minimum atomic E-state index is -1.98. The predicted octanol–water partition coefficient (Wildman–Crippen LogP) is 11.8. The lowest BCUT2D eigenvalue weighted by molar-refractivity contribution is -0.351. The van der Waals surface area contributed by atoms with Gasteiger partial charge in [0.25, 0.3) is 0 Å². The van der Waals surface area contributed by atoms with Crippen LogP contribution in [0.15, 0.2) is 200 Å². The molecule has 452 valence electrons. The Labute approximate surface area is 510 Å². The molecule has 89 heavy (non-hydrogen) atoms. The summed E-state index contributed by atoms with van der Waals surface area (Å²) >= 11 is 0. The standard InChI is InChI=1S/C70H58O19/c1-78-48-29-27-46(28-30-48)69-84-40-55-63(88-69)64(86-66(75)47-31-53(79-35-41-17-7-2-8-18-41)62(83-39-45-25-15-6-16-26-45)54(32-47)80-36-42-19-9-3-10-20-42)65-70(85-55)89-68(77)50-34-52(72)61(82-38-44-23-13-5-14-24-44)59(74)57(50)56-49(67(76)87-65)33-51(71)60(58(56)73)81-37-43-21-11-4-12-22-43/h2-34,55,63-65,69-74H,35-40H2,1H3/t55-,63-,64+,65-,69?,70+/m1/s1. The molecule has 9 aromatic carbocycles.